The molecule has 0 aliphatic carbocycles. The van der Waals surface area contributed by atoms with Crippen LogP contribution in [-0.2, 0) is 11.2 Å². The summed E-state index contributed by atoms with van der Waals surface area (Å²) >= 11 is 1.39. The highest BCUT2D eigenvalue weighted by atomic mass is 32.2. The van der Waals surface area contributed by atoms with Crippen molar-refractivity contribution in [2.45, 2.75) is 31.0 Å². The molecule has 5 nitrogen and oxygen atoms in total. The number of aromatic nitrogens is 2. The van der Waals surface area contributed by atoms with Crippen molar-refractivity contribution in [3.05, 3.63) is 48.3 Å². The largest absolute Gasteiger partial charge is 0.491 e. The van der Waals surface area contributed by atoms with E-state index in [1.807, 2.05) is 24.3 Å². The molecule has 1 N–H and O–H groups in total. The number of nitrogens with zero attached hydrogens (tertiary/aromatic N) is 2. The number of Topliss-reactive ketones (excluding diaryl/α,β-unsaturated/α-hetero) is 1. The van der Waals surface area contributed by atoms with E-state index < -0.39 is 6.10 Å². The van der Waals surface area contributed by atoms with E-state index in [1.165, 1.54) is 11.8 Å². The first-order valence-electron chi connectivity index (χ1n) is 7.42. The minimum atomic E-state index is -0.596. The van der Waals surface area contributed by atoms with Gasteiger partial charge in [-0.2, -0.15) is 0 Å². The zero-order valence-electron chi connectivity index (χ0n) is 13.0. The number of carbonyl (C=O) groups is 1. The van der Waals surface area contributed by atoms with Gasteiger partial charge in [0.15, 0.2) is 5.16 Å². The molecule has 23 heavy (non-hydrogen) atoms. The molecular weight excluding hydrogens is 312 g/mol. The van der Waals surface area contributed by atoms with E-state index in [2.05, 4.69) is 9.97 Å². The first-order chi connectivity index (χ1) is 11.1. The third-order valence-electron chi connectivity index (χ3n) is 3.08. The quantitative estimate of drug-likeness (QED) is 0.562. The van der Waals surface area contributed by atoms with Gasteiger partial charge in [-0.05, 0) is 37.1 Å². The van der Waals surface area contributed by atoms with Crippen LogP contribution < -0.4 is 4.74 Å². The van der Waals surface area contributed by atoms with E-state index in [0.29, 0.717) is 23.1 Å². The van der Waals surface area contributed by atoms with Crippen LogP contribution in [0.2, 0.25) is 0 Å². The normalized spacial score (nSPS) is 11.9. The minimum Gasteiger partial charge on any atom is -0.491 e. The third-order valence-corrected chi connectivity index (χ3v) is 4.10. The molecule has 0 radical (unpaired) electrons. The van der Waals surface area contributed by atoms with Gasteiger partial charge in [0, 0.05) is 24.6 Å². The van der Waals surface area contributed by atoms with Crippen LogP contribution in [0.25, 0.3) is 0 Å². The van der Waals surface area contributed by atoms with Gasteiger partial charge in [0.1, 0.15) is 18.1 Å². The molecule has 2 aromatic rings. The van der Waals surface area contributed by atoms with Gasteiger partial charge < -0.3 is 14.6 Å². The fourth-order valence-corrected chi connectivity index (χ4v) is 2.55. The third kappa shape index (κ3) is 6.80. The molecule has 0 saturated carbocycles. The maximum Gasteiger partial charge on any atom is 0.187 e. The summed E-state index contributed by atoms with van der Waals surface area (Å²) in [5.41, 5.74) is 1.10. The van der Waals surface area contributed by atoms with Crippen LogP contribution in [0.15, 0.2) is 47.9 Å². The number of aryl methyl sites for hydroxylation is 1. The lowest BCUT2D eigenvalue weighted by atomic mass is 10.1. The second-order valence-corrected chi connectivity index (χ2v) is 6.14. The van der Waals surface area contributed by atoms with Crippen molar-refractivity contribution in [3.8, 4) is 5.75 Å². The lowest BCUT2D eigenvalue weighted by molar-refractivity contribution is -0.116. The molecule has 1 aromatic heterocycles. The van der Waals surface area contributed by atoms with Gasteiger partial charge >= 0.3 is 0 Å². The van der Waals surface area contributed by atoms with Crippen LogP contribution in [0.1, 0.15) is 18.9 Å². The summed E-state index contributed by atoms with van der Waals surface area (Å²) in [6.45, 7) is 1.81. The molecule has 122 valence electrons. The fourth-order valence-electron chi connectivity index (χ4n) is 1.84. The second-order valence-electron chi connectivity index (χ2n) is 5.15. The van der Waals surface area contributed by atoms with Gasteiger partial charge in [0.2, 0.25) is 0 Å². The van der Waals surface area contributed by atoms with Crippen molar-refractivity contribution in [2.75, 3.05) is 12.4 Å². The number of ether oxygens (including phenoxy) is 1. The standard InChI is InChI=1S/C17H20N2O3S/c1-13(20)3-4-14-5-7-16(8-6-14)22-11-15(21)12-23-17-18-9-2-10-19-17/h2,5-10,15,21H,3-4,11-12H2,1H3/t15-/m1/s1. The van der Waals surface area contributed by atoms with Gasteiger partial charge in [-0.1, -0.05) is 23.9 Å². The molecule has 2 rings (SSSR count). The molecule has 1 aromatic carbocycles. The molecule has 1 atom stereocenters. The van der Waals surface area contributed by atoms with Crippen LogP contribution in [-0.4, -0.2) is 39.3 Å². The van der Waals surface area contributed by atoms with Crippen molar-refractivity contribution < 1.29 is 14.6 Å². The van der Waals surface area contributed by atoms with E-state index in [1.54, 1.807) is 25.4 Å². The minimum absolute atomic E-state index is 0.188. The molecule has 0 aliphatic rings. The Bertz CT molecular complexity index is 605. The maximum atomic E-state index is 11.0. The van der Waals surface area contributed by atoms with Crippen LogP contribution in [0.5, 0.6) is 5.75 Å². The monoisotopic (exact) mass is 332 g/mol. The molecule has 1 heterocycles. The lowest BCUT2D eigenvalue weighted by Gasteiger charge is -2.12. The molecule has 0 fully saturated rings. The van der Waals surface area contributed by atoms with Gasteiger partial charge in [0.05, 0.1) is 6.10 Å². The van der Waals surface area contributed by atoms with Crippen molar-refractivity contribution >= 4 is 17.5 Å². The first kappa shape index (κ1) is 17.4. The zero-order valence-corrected chi connectivity index (χ0v) is 13.8. The average molecular weight is 332 g/mol. The smallest absolute Gasteiger partial charge is 0.187 e. The van der Waals surface area contributed by atoms with Crippen LogP contribution in [0, 0.1) is 0 Å². The second kappa shape index (κ2) is 9.27. The summed E-state index contributed by atoms with van der Waals surface area (Å²) in [6.07, 6.45) is 4.04. The molecule has 0 aliphatic heterocycles. The number of thioether (sulfide) groups is 1. The molecule has 0 saturated heterocycles. The van der Waals surface area contributed by atoms with Gasteiger partial charge in [-0.15, -0.1) is 0 Å². The van der Waals surface area contributed by atoms with Crippen molar-refractivity contribution in [2.24, 2.45) is 0 Å². The van der Waals surface area contributed by atoms with E-state index in [4.69, 9.17) is 4.74 Å². The van der Waals surface area contributed by atoms with Gasteiger partial charge in [-0.3, -0.25) is 0 Å². The van der Waals surface area contributed by atoms with Gasteiger partial charge in [-0.25, -0.2) is 9.97 Å². The summed E-state index contributed by atoms with van der Waals surface area (Å²) in [5.74, 6) is 1.37. The summed E-state index contributed by atoms with van der Waals surface area (Å²) in [5, 5.41) is 10.6. The molecule has 0 amide bonds. The molecule has 0 unspecified atom stereocenters. The van der Waals surface area contributed by atoms with E-state index >= 15 is 0 Å². The van der Waals surface area contributed by atoms with Crippen LogP contribution >= 0.6 is 11.8 Å². The predicted octanol–water partition coefficient (Wildman–Crippen LogP) is 2.53. The van der Waals surface area contributed by atoms with Crippen molar-refractivity contribution in [3.63, 3.8) is 0 Å². The summed E-state index contributed by atoms with van der Waals surface area (Å²) in [6, 6.07) is 9.35. The number of hydrogen-bond acceptors (Lipinski definition) is 6. The summed E-state index contributed by atoms with van der Waals surface area (Å²) in [7, 11) is 0. The van der Waals surface area contributed by atoms with Crippen LogP contribution in [0.4, 0.5) is 0 Å². The van der Waals surface area contributed by atoms with Crippen molar-refractivity contribution in [1.29, 1.82) is 0 Å². The number of rotatable bonds is 9. The van der Waals surface area contributed by atoms with Crippen LogP contribution in [0.3, 0.4) is 0 Å². The number of ketones is 1. The number of aliphatic hydroxyl groups is 1. The molecule has 6 heteroatoms. The summed E-state index contributed by atoms with van der Waals surface area (Å²) < 4.78 is 5.57. The van der Waals surface area contributed by atoms with E-state index in [0.717, 1.165) is 12.0 Å². The highest BCUT2D eigenvalue weighted by molar-refractivity contribution is 7.99. The SMILES string of the molecule is CC(=O)CCc1ccc(OC[C@@H](O)CSc2ncccn2)cc1. The Morgan fingerprint density at radius 3 is 2.61 bits per heavy atom. The highest BCUT2D eigenvalue weighted by Crippen LogP contribution is 2.16. The Morgan fingerprint density at radius 2 is 1.96 bits per heavy atom. The highest BCUT2D eigenvalue weighted by Gasteiger charge is 2.08. The Labute approximate surface area is 140 Å². The molecule has 0 bridgehead atoms. The van der Waals surface area contributed by atoms with E-state index in [9.17, 15) is 9.90 Å². The summed E-state index contributed by atoms with van der Waals surface area (Å²) in [4.78, 5) is 19.1. The Kier molecular flexibility index (Phi) is 7.03. The lowest BCUT2D eigenvalue weighted by Crippen LogP contribution is -2.20. The van der Waals surface area contributed by atoms with E-state index in [-0.39, 0.29) is 12.4 Å². The van der Waals surface area contributed by atoms with Crippen molar-refractivity contribution in [1.82, 2.24) is 9.97 Å². The number of aliphatic hydroxyl groups excluding tert-OH is 1. The molecular formula is C17H20N2O3S. The predicted molar refractivity (Wildman–Crippen MR) is 89.7 cm³/mol. The number of benzene rings is 1. The number of carbonyl (C=O) groups excluding carboxylic acids is 1. The fraction of sp³-hybridized carbons (Fsp3) is 0.353. The Balaban J connectivity index is 1.71. The topological polar surface area (TPSA) is 72.3 Å². The maximum absolute atomic E-state index is 11.0. The molecule has 0 spiro atoms. The van der Waals surface area contributed by atoms with Gasteiger partial charge in [0.25, 0.3) is 0 Å². The Morgan fingerprint density at radius 1 is 1.26 bits per heavy atom. The Hall–Kier alpha value is -1.92. The first-order valence-corrected chi connectivity index (χ1v) is 8.41. The zero-order chi connectivity index (χ0) is 16.5. The number of hydrogen-bond donors (Lipinski definition) is 1. The average Bonchev–Trinajstić information content (AvgIpc) is 2.58.